The highest BCUT2D eigenvalue weighted by Gasteiger charge is 2.44. The molecule has 39 heavy (non-hydrogen) atoms. The van der Waals surface area contributed by atoms with Crippen LogP contribution in [-0.2, 0) is 9.53 Å². The lowest BCUT2D eigenvalue weighted by molar-refractivity contribution is -0.205. The minimum atomic E-state index is -1.35. The first kappa shape index (κ1) is 32.9. The van der Waals surface area contributed by atoms with Crippen LogP contribution in [0.2, 0.25) is 0 Å². The van der Waals surface area contributed by atoms with Crippen molar-refractivity contribution in [2.24, 2.45) is 0 Å². The fourth-order valence-electron chi connectivity index (χ4n) is 5.58. The normalized spacial score (nSPS) is 33.8. The lowest BCUT2D eigenvalue weighted by Gasteiger charge is -2.39. The van der Waals surface area contributed by atoms with E-state index in [1.54, 1.807) is 0 Å². The van der Waals surface area contributed by atoms with Crippen molar-refractivity contribution in [2.75, 3.05) is 18.1 Å². The highest BCUT2D eigenvalue weighted by Crippen LogP contribution is 2.33. The van der Waals surface area contributed by atoms with Gasteiger partial charge < -0.3 is 40.9 Å². The van der Waals surface area contributed by atoms with Crippen LogP contribution in [0.4, 0.5) is 4.79 Å². The summed E-state index contributed by atoms with van der Waals surface area (Å²) in [4.78, 5) is 23.7. The number of unbranched alkanes of at least 4 members (excludes halogenated alkanes) is 4. The molecule has 0 spiro atoms. The summed E-state index contributed by atoms with van der Waals surface area (Å²) >= 11 is 3.25. The van der Waals surface area contributed by atoms with Gasteiger partial charge in [0.25, 0.3) is 0 Å². The average molecular weight is 593 g/mol. The molecule has 3 heterocycles. The van der Waals surface area contributed by atoms with Crippen LogP contribution in [0.3, 0.4) is 0 Å². The van der Waals surface area contributed by atoms with E-state index < -0.39 is 42.1 Å². The molecule has 0 aromatic heterocycles. The van der Waals surface area contributed by atoms with Gasteiger partial charge in [-0.2, -0.15) is 11.8 Å². The van der Waals surface area contributed by atoms with E-state index in [0.717, 1.165) is 57.1 Å². The van der Waals surface area contributed by atoms with Gasteiger partial charge in [-0.05, 0) is 57.6 Å². The number of aliphatic hydroxyl groups excluding tert-OH is 4. The van der Waals surface area contributed by atoms with Gasteiger partial charge in [0.1, 0.15) is 35.6 Å². The standard InChI is InChI=1S/C27H48N2O8S2/c1-27(36,13-7-8-14-38-25-24(34)23(33)22(32)19(15-30)37-25)12-6-2-3-9-17(31)10-4-5-11-20-21-18(16-39-20)28-26(35)29-21/h18-25,30,32-34,36H,2-16H2,1H3,(H2,28,29,35). The molecule has 3 aliphatic heterocycles. The molecule has 0 aromatic rings. The van der Waals surface area contributed by atoms with Gasteiger partial charge >= 0.3 is 6.03 Å². The van der Waals surface area contributed by atoms with Crippen LogP contribution in [0.1, 0.15) is 84.0 Å². The fourth-order valence-corrected chi connectivity index (χ4v) is 8.30. The molecule has 0 bridgehead atoms. The van der Waals surface area contributed by atoms with E-state index in [-0.39, 0.29) is 18.1 Å². The van der Waals surface area contributed by atoms with Crippen LogP contribution >= 0.6 is 23.5 Å². The van der Waals surface area contributed by atoms with E-state index in [1.165, 1.54) is 11.8 Å². The zero-order valence-electron chi connectivity index (χ0n) is 23.0. The highest BCUT2D eigenvalue weighted by atomic mass is 32.2. The molecular formula is C27H48N2O8S2. The maximum atomic E-state index is 12.2. The van der Waals surface area contributed by atoms with Gasteiger partial charge in [-0.25, -0.2) is 4.79 Å². The molecule has 12 heteroatoms. The Balaban J connectivity index is 1.16. The second-order valence-corrected chi connectivity index (χ2v) is 14.0. The van der Waals surface area contributed by atoms with Gasteiger partial charge in [0, 0.05) is 23.8 Å². The molecule has 3 saturated heterocycles. The molecule has 226 valence electrons. The molecule has 0 saturated carbocycles. The SMILES string of the molecule is CC(O)(CCCCCC(=O)CCCCC1SCC2NC(=O)NC21)CCCCSC1OC(CO)C(O)C(O)C1O. The predicted octanol–water partition coefficient (Wildman–Crippen LogP) is 1.69. The van der Waals surface area contributed by atoms with Crippen molar-refractivity contribution in [1.82, 2.24) is 10.6 Å². The van der Waals surface area contributed by atoms with Crippen molar-refractivity contribution in [2.45, 2.75) is 137 Å². The van der Waals surface area contributed by atoms with Gasteiger partial charge in [-0.1, -0.05) is 19.3 Å². The summed E-state index contributed by atoms with van der Waals surface area (Å²) in [5, 5.41) is 56.2. The second-order valence-electron chi connectivity index (χ2n) is 11.5. The number of nitrogens with one attached hydrogen (secondary N) is 2. The van der Waals surface area contributed by atoms with E-state index in [2.05, 4.69) is 10.6 Å². The number of ether oxygens (including phenoxy) is 1. The third-order valence-electron chi connectivity index (χ3n) is 8.04. The molecule has 3 fully saturated rings. The molecule has 0 aliphatic carbocycles. The Bertz CT molecular complexity index is 774. The first-order valence-corrected chi connectivity index (χ1v) is 16.6. The third-order valence-corrected chi connectivity index (χ3v) is 10.8. The Labute approximate surface area is 240 Å². The summed E-state index contributed by atoms with van der Waals surface area (Å²) in [5.74, 6) is 1.94. The predicted molar refractivity (Wildman–Crippen MR) is 153 cm³/mol. The van der Waals surface area contributed by atoms with Crippen molar-refractivity contribution in [1.29, 1.82) is 0 Å². The van der Waals surface area contributed by atoms with Crippen LogP contribution in [0.15, 0.2) is 0 Å². The molecule has 0 radical (unpaired) electrons. The molecule has 2 amide bonds. The molecule has 3 rings (SSSR count). The first-order valence-electron chi connectivity index (χ1n) is 14.5. The fraction of sp³-hybridized carbons (Fsp3) is 0.926. The van der Waals surface area contributed by atoms with Crippen LogP contribution in [0, 0.1) is 0 Å². The van der Waals surface area contributed by atoms with E-state index in [9.17, 15) is 35.1 Å². The molecule has 10 nitrogen and oxygen atoms in total. The van der Waals surface area contributed by atoms with E-state index >= 15 is 0 Å². The van der Waals surface area contributed by atoms with Crippen molar-refractivity contribution in [3.05, 3.63) is 0 Å². The van der Waals surface area contributed by atoms with Crippen LogP contribution in [0.5, 0.6) is 0 Å². The average Bonchev–Trinajstić information content (AvgIpc) is 3.45. The number of carbonyl (C=O) groups excluding carboxylic acids is 2. The maximum absolute atomic E-state index is 12.2. The number of amides is 2. The number of thioether (sulfide) groups is 2. The number of rotatable bonds is 18. The molecular weight excluding hydrogens is 544 g/mol. The minimum Gasteiger partial charge on any atom is -0.394 e. The maximum Gasteiger partial charge on any atom is 0.315 e. The minimum absolute atomic E-state index is 0.0591. The molecule has 3 aliphatic rings. The van der Waals surface area contributed by atoms with Gasteiger partial charge in [0.2, 0.25) is 0 Å². The summed E-state index contributed by atoms with van der Waals surface area (Å²) in [6.45, 7) is 1.42. The monoisotopic (exact) mass is 592 g/mol. The Morgan fingerprint density at radius 1 is 1.00 bits per heavy atom. The van der Waals surface area contributed by atoms with Gasteiger partial charge in [-0.3, -0.25) is 4.79 Å². The number of Topliss-reactive ketones (excluding diaryl/α,β-unsaturated/α-hetero) is 1. The Morgan fingerprint density at radius 2 is 1.69 bits per heavy atom. The molecule has 9 atom stereocenters. The molecule has 0 aromatic carbocycles. The van der Waals surface area contributed by atoms with E-state index in [1.807, 2.05) is 18.7 Å². The number of carbonyl (C=O) groups is 2. The molecule has 9 unspecified atom stereocenters. The summed E-state index contributed by atoms with van der Waals surface area (Å²) in [6.07, 6.45) is 4.95. The summed E-state index contributed by atoms with van der Waals surface area (Å²) in [6, 6.07) is 0.418. The number of hydrogen-bond acceptors (Lipinski definition) is 10. The topological polar surface area (TPSA) is 169 Å². The van der Waals surface area contributed by atoms with Gasteiger partial charge in [-0.15, -0.1) is 11.8 Å². The number of hydrogen-bond donors (Lipinski definition) is 7. The lowest BCUT2D eigenvalue weighted by atomic mass is 9.92. The second kappa shape index (κ2) is 16.1. The van der Waals surface area contributed by atoms with Crippen LogP contribution in [-0.4, -0.2) is 108 Å². The van der Waals surface area contributed by atoms with Crippen LogP contribution < -0.4 is 10.6 Å². The van der Waals surface area contributed by atoms with Gasteiger partial charge in [0.05, 0.1) is 24.3 Å². The Morgan fingerprint density at radius 3 is 2.41 bits per heavy atom. The third kappa shape index (κ3) is 10.3. The largest absolute Gasteiger partial charge is 0.394 e. The summed E-state index contributed by atoms with van der Waals surface area (Å²) in [7, 11) is 0. The van der Waals surface area contributed by atoms with Crippen molar-refractivity contribution in [3.63, 3.8) is 0 Å². The molecule has 7 N–H and O–H groups in total. The smallest absolute Gasteiger partial charge is 0.315 e. The zero-order valence-corrected chi connectivity index (χ0v) is 24.6. The lowest BCUT2D eigenvalue weighted by Crippen LogP contribution is -2.57. The zero-order chi connectivity index (χ0) is 28.4. The number of fused-ring (bicyclic) bond motifs is 1. The summed E-state index contributed by atoms with van der Waals surface area (Å²) < 4.78 is 5.50. The van der Waals surface area contributed by atoms with E-state index in [0.29, 0.717) is 42.5 Å². The van der Waals surface area contributed by atoms with Crippen LogP contribution in [0.25, 0.3) is 0 Å². The number of ketones is 1. The quantitative estimate of drug-likeness (QED) is 0.0919. The number of aliphatic hydroxyl groups is 5. The van der Waals surface area contributed by atoms with Crippen molar-refractivity contribution < 1.29 is 39.9 Å². The first-order chi connectivity index (χ1) is 18.6. The van der Waals surface area contributed by atoms with E-state index in [4.69, 9.17) is 4.74 Å². The Kier molecular flexibility index (Phi) is 13.6. The van der Waals surface area contributed by atoms with Crippen molar-refractivity contribution in [3.8, 4) is 0 Å². The van der Waals surface area contributed by atoms with Gasteiger partial charge in [0.15, 0.2) is 0 Å². The number of urea groups is 1. The van der Waals surface area contributed by atoms with Crippen molar-refractivity contribution >= 4 is 35.3 Å². The summed E-state index contributed by atoms with van der Waals surface area (Å²) in [5.41, 5.74) is -1.47. The highest BCUT2D eigenvalue weighted by molar-refractivity contribution is 8.00. The Hall–Kier alpha value is -0.600.